The molecule has 1 atom stereocenters. The van der Waals surface area contributed by atoms with Crippen LogP contribution in [0.25, 0.3) is 0 Å². The third-order valence-corrected chi connectivity index (χ3v) is 4.65. The molecule has 112 valence electrons. The quantitative estimate of drug-likeness (QED) is 0.728. The van der Waals surface area contributed by atoms with Gasteiger partial charge in [-0.25, -0.2) is 0 Å². The molecule has 1 heteroatoms. The van der Waals surface area contributed by atoms with E-state index in [0.717, 1.165) is 12.5 Å². The van der Waals surface area contributed by atoms with Gasteiger partial charge in [0.1, 0.15) is 0 Å². The van der Waals surface area contributed by atoms with Crippen molar-refractivity contribution in [3.8, 4) is 0 Å². The van der Waals surface area contributed by atoms with E-state index < -0.39 is 0 Å². The first-order valence-electron chi connectivity index (χ1n) is 8.55. The molecule has 0 saturated heterocycles. The zero-order chi connectivity index (χ0) is 14.4. The van der Waals surface area contributed by atoms with Crippen LogP contribution in [-0.4, -0.2) is 6.54 Å². The van der Waals surface area contributed by atoms with Crippen LogP contribution < -0.4 is 5.32 Å². The fraction of sp³-hybridized carbons (Fsp3) is 0.684. The average Bonchev–Trinajstić information content (AvgIpc) is 2.49. The standard InChI is InChI=1S/C19H31N/c1-4-14-20-19(15(2)3)18-12-10-17(11-13-18)16-8-6-5-7-9-16/h10-13,15-16,19-20H,4-9,14H2,1-3H3. The zero-order valence-electron chi connectivity index (χ0n) is 13.5. The van der Waals surface area contributed by atoms with Crippen LogP contribution in [0.2, 0.25) is 0 Å². The molecule has 0 bridgehead atoms. The first kappa shape index (κ1) is 15.6. The lowest BCUT2D eigenvalue weighted by atomic mass is 9.83. The Balaban J connectivity index is 2.04. The van der Waals surface area contributed by atoms with Crippen molar-refractivity contribution < 1.29 is 0 Å². The van der Waals surface area contributed by atoms with E-state index in [1.165, 1.54) is 44.1 Å². The molecule has 1 aromatic carbocycles. The fourth-order valence-corrected chi connectivity index (χ4v) is 3.45. The van der Waals surface area contributed by atoms with Gasteiger partial charge in [-0.15, -0.1) is 0 Å². The molecule has 0 heterocycles. The summed E-state index contributed by atoms with van der Waals surface area (Å²) in [6.45, 7) is 7.95. The minimum Gasteiger partial charge on any atom is -0.310 e. The van der Waals surface area contributed by atoms with E-state index >= 15 is 0 Å². The number of hydrogen-bond acceptors (Lipinski definition) is 1. The molecular formula is C19H31N. The Hall–Kier alpha value is -0.820. The molecule has 1 saturated carbocycles. The van der Waals surface area contributed by atoms with Gasteiger partial charge in [-0.05, 0) is 48.8 Å². The molecule has 1 unspecified atom stereocenters. The lowest BCUT2D eigenvalue weighted by Crippen LogP contribution is -2.26. The maximum Gasteiger partial charge on any atom is 0.0343 e. The van der Waals surface area contributed by atoms with Gasteiger partial charge in [0.25, 0.3) is 0 Å². The van der Waals surface area contributed by atoms with Crippen LogP contribution in [0.3, 0.4) is 0 Å². The summed E-state index contributed by atoms with van der Waals surface area (Å²) in [6.07, 6.45) is 8.24. The molecule has 1 aromatic rings. The lowest BCUT2D eigenvalue weighted by Gasteiger charge is -2.25. The molecule has 1 nitrogen and oxygen atoms in total. The minimum absolute atomic E-state index is 0.496. The van der Waals surface area contributed by atoms with Gasteiger partial charge in [-0.1, -0.05) is 64.3 Å². The smallest absolute Gasteiger partial charge is 0.0343 e. The van der Waals surface area contributed by atoms with Gasteiger partial charge < -0.3 is 5.32 Å². The summed E-state index contributed by atoms with van der Waals surface area (Å²) < 4.78 is 0. The molecular weight excluding hydrogens is 242 g/mol. The lowest BCUT2D eigenvalue weighted by molar-refractivity contribution is 0.412. The predicted molar refractivity (Wildman–Crippen MR) is 88.1 cm³/mol. The summed E-state index contributed by atoms with van der Waals surface area (Å²) in [4.78, 5) is 0. The van der Waals surface area contributed by atoms with E-state index in [1.54, 1.807) is 5.56 Å². The molecule has 0 aromatic heterocycles. The van der Waals surface area contributed by atoms with Crippen LogP contribution in [0.1, 0.15) is 82.4 Å². The summed E-state index contributed by atoms with van der Waals surface area (Å²) in [7, 11) is 0. The third kappa shape index (κ3) is 4.09. The van der Waals surface area contributed by atoms with E-state index in [0.29, 0.717) is 12.0 Å². The number of hydrogen-bond donors (Lipinski definition) is 1. The van der Waals surface area contributed by atoms with Crippen LogP contribution in [-0.2, 0) is 0 Å². The van der Waals surface area contributed by atoms with Gasteiger partial charge in [0, 0.05) is 6.04 Å². The molecule has 1 aliphatic carbocycles. The molecule has 0 radical (unpaired) electrons. The van der Waals surface area contributed by atoms with Crippen molar-refractivity contribution in [2.45, 2.75) is 71.3 Å². The maximum absolute atomic E-state index is 3.68. The Morgan fingerprint density at radius 2 is 1.70 bits per heavy atom. The molecule has 0 spiro atoms. The van der Waals surface area contributed by atoms with Gasteiger partial charge in [-0.2, -0.15) is 0 Å². The van der Waals surface area contributed by atoms with Crippen molar-refractivity contribution in [2.24, 2.45) is 5.92 Å². The molecule has 2 rings (SSSR count). The van der Waals surface area contributed by atoms with Crippen molar-refractivity contribution in [1.82, 2.24) is 5.32 Å². The molecule has 1 aliphatic rings. The van der Waals surface area contributed by atoms with Crippen LogP contribution in [0.4, 0.5) is 0 Å². The highest BCUT2D eigenvalue weighted by Gasteiger charge is 2.17. The normalized spacial score (nSPS) is 18.4. The van der Waals surface area contributed by atoms with Crippen molar-refractivity contribution >= 4 is 0 Å². The fourth-order valence-electron chi connectivity index (χ4n) is 3.45. The van der Waals surface area contributed by atoms with Crippen molar-refractivity contribution in [3.05, 3.63) is 35.4 Å². The van der Waals surface area contributed by atoms with Crippen LogP contribution >= 0.6 is 0 Å². The highest BCUT2D eigenvalue weighted by atomic mass is 14.9. The van der Waals surface area contributed by atoms with Crippen molar-refractivity contribution in [1.29, 1.82) is 0 Å². The molecule has 20 heavy (non-hydrogen) atoms. The Kier molecular flexibility index (Phi) is 6.09. The Bertz CT molecular complexity index is 373. The largest absolute Gasteiger partial charge is 0.310 e. The van der Waals surface area contributed by atoms with Gasteiger partial charge in [0.15, 0.2) is 0 Å². The van der Waals surface area contributed by atoms with Gasteiger partial charge in [0.05, 0.1) is 0 Å². The minimum atomic E-state index is 0.496. The second-order valence-corrected chi connectivity index (χ2v) is 6.68. The second-order valence-electron chi connectivity index (χ2n) is 6.68. The van der Waals surface area contributed by atoms with E-state index in [1.807, 2.05) is 0 Å². The Morgan fingerprint density at radius 3 is 2.25 bits per heavy atom. The van der Waals surface area contributed by atoms with Gasteiger partial charge in [0.2, 0.25) is 0 Å². The summed E-state index contributed by atoms with van der Waals surface area (Å²) >= 11 is 0. The topological polar surface area (TPSA) is 12.0 Å². The Morgan fingerprint density at radius 1 is 1.05 bits per heavy atom. The van der Waals surface area contributed by atoms with Crippen LogP contribution in [0.5, 0.6) is 0 Å². The number of rotatable bonds is 6. The monoisotopic (exact) mass is 273 g/mol. The summed E-state index contributed by atoms with van der Waals surface area (Å²) in [5, 5.41) is 3.68. The molecule has 1 N–H and O–H groups in total. The molecule has 0 amide bonds. The molecule has 1 fully saturated rings. The van der Waals surface area contributed by atoms with Crippen LogP contribution in [0, 0.1) is 5.92 Å². The summed E-state index contributed by atoms with van der Waals surface area (Å²) in [6, 6.07) is 9.98. The first-order valence-corrected chi connectivity index (χ1v) is 8.55. The SMILES string of the molecule is CCCNC(c1ccc(C2CCCCC2)cc1)C(C)C. The van der Waals surface area contributed by atoms with E-state index in [4.69, 9.17) is 0 Å². The predicted octanol–water partition coefficient (Wildman–Crippen LogP) is 5.43. The van der Waals surface area contributed by atoms with Gasteiger partial charge in [-0.3, -0.25) is 0 Å². The van der Waals surface area contributed by atoms with Crippen molar-refractivity contribution in [2.75, 3.05) is 6.54 Å². The first-order chi connectivity index (χ1) is 9.72. The van der Waals surface area contributed by atoms with E-state index in [2.05, 4.69) is 50.4 Å². The maximum atomic E-state index is 3.68. The van der Waals surface area contributed by atoms with Crippen molar-refractivity contribution in [3.63, 3.8) is 0 Å². The zero-order valence-corrected chi connectivity index (χ0v) is 13.5. The molecule has 0 aliphatic heterocycles. The summed E-state index contributed by atoms with van der Waals surface area (Å²) in [5.41, 5.74) is 3.01. The average molecular weight is 273 g/mol. The van der Waals surface area contributed by atoms with Crippen LogP contribution in [0.15, 0.2) is 24.3 Å². The highest BCUT2D eigenvalue weighted by molar-refractivity contribution is 5.28. The highest BCUT2D eigenvalue weighted by Crippen LogP contribution is 2.33. The van der Waals surface area contributed by atoms with Gasteiger partial charge >= 0.3 is 0 Å². The van der Waals surface area contributed by atoms with E-state index in [9.17, 15) is 0 Å². The Labute approximate surface area is 125 Å². The number of nitrogens with one attached hydrogen (secondary N) is 1. The third-order valence-electron chi connectivity index (χ3n) is 4.65. The second kappa shape index (κ2) is 7.83. The van der Waals surface area contributed by atoms with E-state index in [-0.39, 0.29) is 0 Å². The number of benzene rings is 1. The summed E-state index contributed by atoms with van der Waals surface area (Å²) in [5.74, 6) is 1.46.